The Labute approximate surface area is 116 Å². The summed E-state index contributed by atoms with van der Waals surface area (Å²) in [7, 11) is 0. The molecule has 1 aromatic carbocycles. The number of benzene rings is 1. The summed E-state index contributed by atoms with van der Waals surface area (Å²) in [6.07, 6.45) is 1.41. The molecule has 0 aliphatic rings. The van der Waals surface area contributed by atoms with Crippen molar-refractivity contribution in [3.63, 3.8) is 0 Å². The first-order valence-electron chi connectivity index (χ1n) is 5.90. The molecule has 3 N–H and O–H groups in total. The number of hydrogen-bond acceptors (Lipinski definition) is 4. The highest BCUT2D eigenvalue weighted by molar-refractivity contribution is 6.33. The fourth-order valence-electron chi connectivity index (χ4n) is 1.53. The van der Waals surface area contributed by atoms with Gasteiger partial charge >= 0.3 is 0 Å². The van der Waals surface area contributed by atoms with Crippen molar-refractivity contribution in [2.75, 3.05) is 11.9 Å². The number of nitro groups is 1. The van der Waals surface area contributed by atoms with Gasteiger partial charge in [0.25, 0.3) is 5.69 Å². The quantitative estimate of drug-likeness (QED) is 0.620. The molecular formula is C12H16ClN3O3. The number of amides is 1. The molecule has 0 spiro atoms. The van der Waals surface area contributed by atoms with Gasteiger partial charge in [-0.05, 0) is 25.5 Å². The summed E-state index contributed by atoms with van der Waals surface area (Å²) in [5.41, 5.74) is 5.51. The molecule has 0 aliphatic carbocycles. The van der Waals surface area contributed by atoms with Crippen LogP contribution in [0.15, 0.2) is 18.2 Å². The standard InChI is InChI=1S/C12H16ClN3O3/c1-8(3-2-6-14)12(17)15-11-7-9(16(18)19)4-5-10(11)13/h4-5,7-8H,2-3,6,14H2,1H3,(H,15,17). The van der Waals surface area contributed by atoms with Gasteiger partial charge in [-0.3, -0.25) is 14.9 Å². The first-order valence-corrected chi connectivity index (χ1v) is 6.28. The molecule has 0 aromatic heterocycles. The molecule has 0 radical (unpaired) electrons. The number of non-ortho nitro benzene ring substituents is 1. The Bertz CT molecular complexity index is 479. The molecule has 0 saturated carbocycles. The van der Waals surface area contributed by atoms with E-state index in [0.29, 0.717) is 13.0 Å². The smallest absolute Gasteiger partial charge is 0.271 e. The van der Waals surface area contributed by atoms with Crippen LogP contribution < -0.4 is 11.1 Å². The third-order valence-corrected chi connectivity index (χ3v) is 3.04. The van der Waals surface area contributed by atoms with Crippen LogP contribution in [0.2, 0.25) is 5.02 Å². The van der Waals surface area contributed by atoms with Crippen molar-refractivity contribution < 1.29 is 9.72 Å². The average molecular weight is 286 g/mol. The molecule has 0 bridgehead atoms. The van der Waals surface area contributed by atoms with Crippen LogP contribution >= 0.6 is 11.6 Å². The van der Waals surface area contributed by atoms with Crippen LogP contribution in [-0.2, 0) is 4.79 Å². The first-order chi connectivity index (χ1) is 8.95. The van der Waals surface area contributed by atoms with Crippen molar-refractivity contribution in [1.29, 1.82) is 0 Å². The Morgan fingerprint density at radius 2 is 2.26 bits per heavy atom. The molecule has 7 heteroatoms. The molecule has 1 unspecified atom stereocenters. The summed E-state index contributed by atoms with van der Waals surface area (Å²) in [4.78, 5) is 22.0. The van der Waals surface area contributed by atoms with Crippen LogP contribution in [0, 0.1) is 16.0 Å². The van der Waals surface area contributed by atoms with Gasteiger partial charge < -0.3 is 11.1 Å². The van der Waals surface area contributed by atoms with Crippen LogP contribution in [0.4, 0.5) is 11.4 Å². The molecule has 19 heavy (non-hydrogen) atoms. The summed E-state index contributed by atoms with van der Waals surface area (Å²) in [6, 6.07) is 3.92. The van der Waals surface area contributed by atoms with E-state index in [1.165, 1.54) is 18.2 Å². The predicted octanol–water partition coefficient (Wildman–Crippen LogP) is 2.56. The number of nitro benzene ring substituents is 1. The van der Waals surface area contributed by atoms with Crippen LogP contribution in [0.25, 0.3) is 0 Å². The van der Waals surface area contributed by atoms with Crippen LogP contribution in [0.5, 0.6) is 0 Å². The van der Waals surface area contributed by atoms with E-state index in [4.69, 9.17) is 17.3 Å². The maximum atomic E-state index is 11.9. The SMILES string of the molecule is CC(CCCN)C(=O)Nc1cc([N+](=O)[O-])ccc1Cl. The minimum absolute atomic E-state index is 0.116. The van der Waals surface area contributed by atoms with Crippen molar-refractivity contribution in [3.05, 3.63) is 33.3 Å². The number of nitrogens with one attached hydrogen (secondary N) is 1. The van der Waals surface area contributed by atoms with E-state index >= 15 is 0 Å². The second-order valence-corrected chi connectivity index (χ2v) is 4.65. The fraction of sp³-hybridized carbons (Fsp3) is 0.417. The Morgan fingerprint density at radius 1 is 1.58 bits per heavy atom. The lowest BCUT2D eigenvalue weighted by molar-refractivity contribution is -0.384. The van der Waals surface area contributed by atoms with E-state index < -0.39 is 4.92 Å². The lowest BCUT2D eigenvalue weighted by atomic mass is 10.0. The van der Waals surface area contributed by atoms with Crippen molar-refractivity contribution in [2.45, 2.75) is 19.8 Å². The lowest BCUT2D eigenvalue weighted by Gasteiger charge is -2.12. The van der Waals surface area contributed by atoms with Gasteiger partial charge in [-0.1, -0.05) is 18.5 Å². The van der Waals surface area contributed by atoms with Gasteiger partial charge in [0.15, 0.2) is 0 Å². The van der Waals surface area contributed by atoms with Crippen LogP contribution in [0.1, 0.15) is 19.8 Å². The van der Waals surface area contributed by atoms with Gasteiger partial charge in [-0.15, -0.1) is 0 Å². The molecule has 0 aliphatic heterocycles. The maximum Gasteiger partial charge on any atom is 0.271 e. The zero-order valence-electron chi connectivity index (χ0n) is 10.6. The molecule has 0 fully saturated rings. The number of hydrogen-bond donors (Lipinski definition) is 2. The molecule has 1 rings (SSSR count). The molecule has 1 amide bonds. The maximum absolute atomic E-state index is 11.9. The second-order valence-electron chi connectivity index (χ2n) is 4.24. The molecule has 1 atom stereocenters. The van der Waals surface area contributed by atoms with Gasteiger partial charge in [-0.25, -0.2) is 0 Å². The van der Waals surface area contributed by atoms with Gasteiger partial charge in [0.1, 0.15) is 0 Å². The molecule has 0 heterocycles. The topological polar surface area (TPSA) is 98.3 Å². The molecule has 0 saturated heterocycles. The van der Waals surface area contributed by atoms with Crippen molar-refractivity contribution in [1.82, 2.24) is 0 Å². The number of anilines is 1. The number of rotatable bonds is 6. The number of carbonyl (C=O) groups excluding carboxylic acids is 1. The largest absolute Gasteiger partial charge is 0.330 e. The summed E-state index contributed by atoms with van der Waals surface area (Å²) >= 11 is 5.90. The van der Waals surface area contributed by atoms with E-state index in [0.717, 1.165) is 6.42 Å². The first kappa shape index (κ1) is 15.4. The molecular weight excluding hydrogens is 270 g/mol. The monoisotopic (exact) mass is 285 g/mol. The Balaban J connectivity index is 2.78. The Hall–Kier alpha value is -1.66. The highest BCUT2D eigenvalue weighted by Gasteiger charge is 2.16. The zero-order valence-corrected chi connectivity index (χ0v) is 11.3. The van der Waals surface area contributed by atoms with Gasteiger partial charge in [-0.2, -0.15) is 0 Å². The number of carbonyl (C=O) groups is 1. The highest BCUT2D eigenvalue weighted by atomic mass is 35.5. The second kappa shape index (κ2) is 7.06. The Kier molecular flexibility index (Phi) is 5.72. The van der Waals surface area contributed by atoms with E-state index in [1.54, 1.807) is 6.92 Å². The molecule has 1 aromatic rings. The van der Waals surface area contributed by atoms with E-state index in [1.807, 2.05) is 0 Å². The third kappa shape index (κ3) is 4.50. The minimum Gasteiger partial charge on any atom is -0.330 e. The van der Waals surface area contributed by atoms with Gasteiger partial charge in [0.05, 0.1) is 15.6 Å². The lowest BCUT2D eigenvalue weighted by Crippen LogP contribution is -2.21. The van der Waals surface area contributed by atoms with E-state index in [9.17, 15) is 14.9 Å². The van der Waals surface area contributed by atoms with Crippen molar-refractivity contribution in [2.24, 2.45) is 11.7 Å². The van der Waals surface area contributed by atoms with Crippen molar-refractivity contribution in [3.8, 4) is 0 Å². The van der Waals surface area contributed by atoms with Gasteiger partial charge in [0.2, 0.25) is 5.91 Å². The molecule has 104 valence electrons. The van der Waals surface area contributed by atoms with Gasteiger partial charge in [0, 0.05) is 18.1 Å². The predicted molar refractivity (Wildman–Crippen MR) is 74.2 cm³/mol. The van der Waals surface area contributed by atoms with E-state index in [-0.39, 0.29) is 28.2 Å². The molecule has 6 nitrogen and oxygen atoms in total. The number of halogens is 1. The van der Waals surface area contributed by atoms with Crippen LogP contribution in [0.3, 0.4) is 0 Å². The van der Waals surface area contributed by atoms with Crippen molar-refractivity contribution >= 4 is 28.9 Å². The fourth-order valence-corrected chi connectivity index (χ4v) is 1.70. The Morgan fingerprint density at radius 3 is 2.84 bits per heavy atom. The number of nitrogens with zero attached hydrogens (tertiary/aromatic N) is 1. The van der Waals surface area contributed by atoms with E-state index in [2.05, 4.69) is 5.32 Å². The zero-order chi connectivity index (χ0) is 14.4. The minimum atomic E-state index is -0.538. The average Bonchev–Trinajstić information content (AvgIpc) is 2.38. The summed E-state index contributed by atoms with van der Waals surface area (Å²) in [5, 5.41) is 13.5. The summed E-state index contributed by atoms with van der Waals surface area (Å²) < 4.78 is 0. The number of nitrogens with two attached hydrogens (primary N) is 1. The summed E-state index contributed by atoms with van der Waals surface area (Å²) in [6.45, 7) is 2.30. The normalized spacial score (nSPS) is 11.9. The van der Waals surface area contributed by atoms with Crippen LogP contribution in [-0.4, -0.2) is 17.4 Å². The third-order valence-electron chi connectivity index (χ3n) is 2.71. The summed E-state index contributed by atoms with van der Waals surface area (Å²) in [5.74, 6) is -0.449. The highest BCUT2D eigenvalue weighted by Crippen LogP contribution is 2.27.